The summed E-state index contributed by atoms with van der Waals surface area (Å²) in [7, 11) is 0. The Hall–Kier alpha value is -2.34. The first-order chi connectivity index (χ1) is 11.5. The number of carbonyl (C=O) groups is 2. The van der Waals surface area contributed by atoms with Crippen LogP contribution in [-0.4, -0.2) is 27.7 Å². The summed E-state index contributed by atoms with van der Waals surface area (Å²) in [6, 6.07) is 8.60. The number of aromatic nitrogens is 1. The number of hydrogen-bond acceptors (Lipinski definition) is 4. The van der Waals surface area contributed by atoms with E-state index in [-0.39, 0.29) is 12.2 Å². The van der Waals surface area contributed by atoms with Gasteiger partial charge in [0.15, 0.2) is 0 Å². The highest BCUT2D eigenvalue weighted by Gasteiger charge is 2.38. The lowest BCUT2D eigenvalue weighted by molar-refractivity contribution is -0.138. The normalized spacial score (nSPS) is 16.0. The molecule has 126 valence electrons. The van der Waals surface area contributed by atoms with Gasteiger partial charge in [-0.05, 0) is 25.0 Å². The average molecular weight is 349 g/mol. The van der Waals surface area contributed by atoms with Crippen molar-refractivity contribution >= 4 is 23.5 Å². The molecule has 1 aromatic carbocycles. The fourth-order valence-corrected chi connectivity index (χ4v) is 3.35. The number of carboxylic acids is 1. The maximum atomic E-state index is 12.4. The van der Waals surface area contributed by atoms with Crippen LogP contribution >= 0.6 is 11.6 Å². The van der Waals surface area contributed by atoms with Gasteiger partial charge in [-0.25, -0.2) is 0 Å². The van der Waals surface area contributed by atoms with Crippen LogP contribution in [0.1, 0.15) is 42.7 Å². The predicted octanol–water partition coefficient (Wildman–Crippen LogP) is 3.51. The third-order valence-electron chi connectivity index (χ3n) is 4.28. The number of nitrogens with zero attached hydrogens (tertiary/aromatic N) is 1. The van der Waals surface area contributed by atoms with E-state index < -0.39 is 17.4 Å². The van der Waals surface area contributed by atoms with E-state index in [2.05, 4.69) is 10.5 Å². The molecule has 1 heterocycles. The van der Waals surface area contributed by atoms with Crippen molar-refractivity contribution in [1.29, 1.82) is 0 Å². The SMILES string of the molecule is O=C(O)CC1(NC(=O)c2cc(-c3cccc(Cl)c3)no2)CCCC1. The highest BCUT2D eigenvalue weighted by molar-refractivity contribution is 6.30. The molecule has 24 heavy (non-hydrogen) atoms. The second-order valence-corrected chi connectivity index (χ2v) is 6.54. The molecule has 0 unspecified atom stereocenters. The van der Waals surface area contributed by atoms with Crippen LogP contribution in [0, 0.1) is 0 Å². The van der Waals surface area contributed by atoms with Crippen LogP contribution in [0.15, 0.2) is 34.9 Å². The summed E-state index contributed by atoms with van der Waals surface area (Å²) >= 11 is 5.95. The number of rotatable bonds is 5. The first-order valence-corrected chi connectivity index (χ1v) is 8.12. The Balaban J connectivity index is 1.77. The zero-order valence-corrected chi connectivity index (χ0v) is 13.7. The summed E-state index contributed by atoms with van der Waals surface area (Å²) in [5.41, 5.74) is 0.541. The molecular formula is C17H17ClN2O4. The van der Waals surface area contributed by atoms with Crippen molar-refractivity contribution in [2.45, 2.75) is 37.6 Å². The monoisotopic (exact) mass is 348 g/mol. The number of carbonyl (C=O) groups excluding carboxylic acids is 1. The Morgan fingerprint density at radius 1 is 1.29 bits per heavy atom. The Morgan fingerprint density at radius 3 is 2.71 bits per heavy atom. The number of halogens is 1. The van der Waals surface area contributed by atoms with E-state index in [9.17, 15) is 9.59 Å². The van der Waals surface area contributed by atoms with Gasteiger partial charge in [-0.2, -0.15) is 0 Å². The molecule has 1 fully saturated rings. The molecule has 3 rings (SSSR count). The number of amides is 1. The second-order valence-electron chi connectivity index (χ2n) is 6.10. The van der Waals surface area contributed by atoms with Crippen molar-refractivity contribution < 1.29 is 19.2 Å². The molecule has 1 aromatic heterocycles. The van der Waals surface area contributed by atoms with Gasteiger partial charge in [-0.3, -0.25) is 9.59 Å². The zero-order valence-electron chi connectivity index (χ0n) is 12.9. The van der Waals surface area contributed by atoms with Gasteiger partial charge in [0.05, 0.1) is 12.0 Å². The molecule has 6 nitrogen and oxygen atoms in total. The van der Waals surface area contributed by atoms with E-state index in [4.69, 9.17) is 21.2 Å². The molecule has 2 aromatic rings. The number of benzene rings is 1. The fraction of sp³-hybridized carbons (Fsp3) is 0.353. The Morgan fingerprint density at radius 2 is 2.04 bits per heavy atom. The van der Waals surface area contributed by atoms with Crippen molar-refractivity contribution in [3.05, 3.63) is 41.1 Å². The fourth-order valence-electron chi connectivity index (χ4n) is 3.16. The molecule has 0 saturated heterocycles. The molecule has 1 aliphatic rings. The number of hydrogen-bond donors (Lipinski definition) is 2. The van der Waals surface area contributed by atoms with Gasteiger partial charge in [-0.15, -0.1) is 0 Å². The standard InChI is InChI=1S/C17H17ClN2O4/c18-12-5-3-4-11(8-12)13-9-14(24-20-13)16(23)19-17(10-15(21)22)6-1-2-7-17/h3-5,8-9H,1-2,6-7,10H2,(H,19,23)(H,21,22). The first-order valence-electron chi connectivity index (χ1n) is 7.74. The molecule has 0 radical (unpaired) electrons. The van der Waals surface area contributed by atoms with E-state index in [0.29, 0.717) is 23.6 Å². The molecule has 0 bridgehead atoms. The number of nitrogens with one attached hydrogen (secondary N) is 1. The quantitative estimate of drug-likeness (QED) is 0.862. The molecule has 0 atom stereocenters. The maximum absolute atomic E-state index is 12.4. The zero-order chi connectivity index (χ0) is 17.2. The van der Waals surface area contributed by atoms with Gasteiger partial charge in [0.1, 0.15) is 5.69 Å². The van der Waals surface area contributed by atoms with Gasteiger partial charge < -0.3 is 14.9 Å². The minimum Gasteiger partial charge on any atom is -0.481 e. The number of aliphatic carboxylic acids is 1. The lowest BCUT2D eigenvalue weighted by Crippen LogP contribution is -2.47. The summed E-state index contributed by atoms with van der Waals surface area (Å²) in [5.74, 6) is -1.31. The molecule has 0 aliphatic heterocycles. The van der Waals surface area contributed by atoms with Crippen LogP contribution in [0.2, 0.25) is 5.02 Å². The Bertz CT molecular complexity index is 765. The molecular weight excluding hydrogens is 332 g/mol. The average Bonchev–Trinajstić information content (AvgIpc) is 3.16. The Labute approximate surface area is 143 Å². The molecule has 2 N–H and O–H groups in total. The smallest absolute Gasteiger partial charge is 0.305 e. The van der Waals surface area contributed by atoms with Crippen LogP contribution in [-0.2, 0) is 4.79 Å². The van der Waals surface area contributed by atoms with Crippen molar-refractivity contribution in [3.8, 4) is 11.3 Å². The predicted molar refractivity (Wildman–Crippen MR) is 87.9 cm³/mol. The van der Waals surface area contributed by atoms with Crippen LogP contribution in [0.3, 0.4) is 0 Å². The van der Waals surface area contributed by atoms with E-state index in [0.717, 1.165) is 18.4 Å². The highest BCUT2D eigenvalue weighted by atomic mass is 35.5. The van der Waals surface area contributed by atoms with Gasteiger partial charge in [0.2, 0.25) is 5.76 Å². The van der Waals surface area contributed by atoms with E-state index in [1.807, 2.05) is 6.07 Å². The second kappa shape index (κ2) is 6.65. The van der Waals surface area contributed by atoms with Gasteiger partial charge in [-0.1, -0.05) is 41.7 Å². The molecule has 1 saturated carbocycles. The van der Waals surface area contributed by atoms with Gasteiger partial charge in [0, 0.05) is 16.7 Å². The maximum Gasteiger partial charge on any atom is 0.305 e. The number of carboxylic acid groups (broad SMARTS) is 1. The van der Waals surface area contributed by atoms with Crippen molar-refractivity contribution in [2.75, 3.05) is 0 Å². The summed E-state index contributed by atoms with van der Waals surface area (Å²) < 4.78 is 5.13. The lowest BCUT2D eigenvalue weighted by atomic mass is 9.93. The third kappa shape index (κ3) is 3.59. The topological polar surface area (TPSA) is 92.4 Å². The van der Waals surface area contributed by atoms with Crippen molar-refractivity contribution in [1.82, 2.24) is 10.5 Å². The molecule has 1 amide bonds. The minimum atomic E-state index is -0.922. The van der Waals surface area contributed by atoms with Crippen LogP contribution in [0.5, 0.6) is 0 Å². The van der Waals surface area contributed by atoms with Crippen LogP contribution in [0.25, 0.3) is 11.3 Å². The van der Waals surface area contributed by atoms with E-state index >= 15 is 0 Å². The molecule has 1 aliphatic carbocycles. The minimum absolute atomic E-state index is 0.0571. The van der Waals surface area contributed by atoms with Gasteiger partial charge >= 0.3 is 5.97 Å². The molecule has 7 heteroatoms. The molecule has 0 spiro atoms. The van der Waals surface area contributed by atoms with Crippen LogP contribution < -0.4 is 5.32 Å². The van der Waals surface area contributed by atoms with E-state index in [1.54, 1.807) is 18.2 Å². The highest BCUT2D eigenvalue weighted by Crippen LogP contribution is 2.33. The summed E-state index contributed by atoms with van der Waals surface area (Å²) in [5, 5.41) is 16.4. The largest absolute Gasteiger partial charge is 0.481 e. The summed E-state index contributed by atoms with van der Waals surface area (Å²) in [4.78, 5) is 23.5. The van der Waals surface area contributed by atoms with Crippen LogP contribution in [0.4, 0.5) is 0 Å². The first kappa shape index (κ1) is 16.5. The summed E-state index contributed by atoms with van der Waals surface area (Å²) in [6.45, 7) is 0. The van der Waals surface area contributed by atoms with Crippen molar-refractivity contribution in [3.63, 3.8) is 0 Å². The third-order valence-corrected chi connectivity index (χ3v) is 4.52. The van der Waals surface area contributed by atoms with Gasteiger partial charge in [0.25, 0.3) is 5.91 Å². The Kier molecular flexibility index (Phi) is 4.57. The van der Waals surface area contributed by atoms with E-state index in [1.165, 1.54) is 6.07 Å². The summed E-state index contributed by atoms with van der Waals surface area (Å²) in [6.07, 6.45) is 3.02. The lowest BCUT2D eigenvalue weighted by Gasteiger charge is -2.27. The van der Waals surface area contributed by atoms with Crippen molar-refractivity contribution in [2.24, 2.45) is 0 Å².